The van der Waals surface area contributed by atoms with Crippen molar-refractivity contribution in [1.29, 1.82) is 0 Å². The molecule has 10 heteroatoms. The molecule has 0 amide bonds. The number of hydrogen-bond acceptors (Lipinski definition) is 8. The van der Waals surface area contributed by atoms with Crippen LogP contribution in [0.1, 0.15) is 16.8 Å². The van der Waals surface area contributed by atoms with E-state index in [0.717, 1.165) is 48.6 Å². The van der Waals surface area contributed by atoms with Gasteiger partial charge in [0.15, 0.2) is 0 Å². The quantitative estimate of drug-likeness (QED) is 0.265. The maximum absolute atomic E-state index is 12.4. The third-order valence-corrected chi connectivity index (χ3v) is 8.25. The van der Waals surface area contributed by atoms with Gasteiger partial charge in [0.1, 0.15) is 17.4 Å². The molecule has 5 rings (SSSR count). The molecule has 0 saturated heterocycles. The maximum Gasteiger partial charge on any atom is 0.240 e. The highest BCUT2D eigenvalue weighted by atomic mass is 32.2. The number of nitrogens with zero attached hydrogens (tertiary/aromatic N) is 3. The second-order valence-corrected chi connectivity index (χ2v) is 11.4. The van der Waals surface area contributed by atoms with Crippen molar-refractivity contribution in [3.05, 3.63) is 77.6 Å². The van der Waals surface area contributed by atoms with Crippen LogP contribution in [0.4, 0.5) is 0 Å². The number of benzene rings is 3. The van der Waals surface area contributed by atoms with Crippen LogP contribution in [-0.2, 0) is 21.4 Å². The van der Waals surface area contributed by atoms with Gasteiger partial charge < -0.3 is 9.47 Å². The van der Waals surface area contributed by atoms with E-state index in [9.17, 15) is 8.42 Å². The Bertz CT molecular complexity index is 1690. The lowest BCUT2D eigenvalue weighted by Crippen LogP contribution is -2.28. The van der Waals surface area contributed by atoms with Crippen LogP contribution in [0.25, 0.3) is 31.8 Å². The molecule has 0 bridgehead atoms. The minimum absolute atomic E-state index is 0.154. The zero-order valence-electron chi connectivity index (χ0n) is 20.7. The molecule has 0 aliphatic rings. The molecule has 1 N–H and O–H groups in total. The Balaban J connectivity index is 1.36. The van der Waals surface area contributed by atoms with Crippen LogP contribution < -0.4 is 9.46 Å². The first-order valence-electron chi connectivity index (χ1n) is 11.7. The van der Waals surface area contributed by atoms with E-state index < -0.39 is 10.0 Å². The monoisotopic (exact) mass is 534 g/mol. The van der Waals surface area contributed by atoms with Crippen molar-refractivity contribution in [1.82, 2.24) is 19.7 Å². The van der Waals surface area contributed by atoms with Crippen molar-refractivity contribution in [2.75, 3.05) is 20.3 Å². The Morgan fingerprint density at radius 1 is 1.00 bits per heavy atom. The Kier molecular flexibility index (Phi) is 7.16. The van der Waals surface area contributed by atoms with Gasteiger partial charge in [-0.1, -0.05) is 18.2 Å². The molecule has 8 nitrogen and oxygen atoms in total. The second-order valence-electron chi connectivity index (χ2n) is 8.64. The molecule has 5 aromatic rings. The molecule has 2 aromatic heterocycles. The van der Waals surface area contributed by atoms with Gasteiger partial charge in [0.2, 0.25) is 10.0 Å². The summed E-state index contributed by atoms with van der Waals surface area (Å²) in [6.07, 6.45) is 1.74. The van der Waals surface area contributed by atoms with Crippen molar-refractivity contribution in [2.45, 2.75) is 25.3 Å². The van der Waals surface area contributed by atoms with E-state index in [0.29, 0.717) is 12.4 Å². The van der Waals surface area contributed by atoms with E-state index in [1.54, 1.807) is 55.0 Å². The number of fused-ring (bicyclic) bond motifs is 2. The highest BCUT2D eigenvalue weighted by molar-refractivity contribution is 7.89. The van der Waals surface area contributed by atoms with Gasteiger partial charge in [-0.15, -0.1) is 11.3 Å². The van der Waals surface area contributed by atoms with Crippen LogP contribution in [-0.4, -0.2) is 43.6 Å². The minimum Gasteiger partial charge on any atom is -0.492 e. The molecular weight excluding hydrogens is 508 g/mol. The smallest absolute Gasteiger partial charge is 0.240 e. The van der Waals surface area contributed by atoms with Crippen molar-refractivity contribution < 1.29 is 17.9 Å². The summed E-state index contributed by atoms with van der Waals surface area (Å²) >= 11 is 1.56. The van der Waals surface area contributed by atoms with E-state index in [4.69, 9.17) is 19.4 Å². The Morgan fingerprint density at radius 3 is 2.59 bits per heavy atom. The van der Waals surface area contributed by atoms with Gasteiger partial charge in [-0.25, -0.2) is 23.1 Å². The molecular formula is C27H26N4O4S2. The number of rotatable bonds is 9. The summed E-state index contributed by atoms with van der Waals surface area (Å²) in [6, 6.07) is 16.2. The molecule has 0 aliphatic heterocycles. The third-order valence-electron chi connectivity index (χ3n) is 5.74. The van der Waals surface area contributed by atoms with Crippen molar-refractivity contribution in [3.8, 4) is 16.3 Å². The summed E-state index contributed by atoms with van der Waals surface area (Å²) in [5, 5.41) is 0.855. The Labute approximate surface area is 219 Å². The molecule has 3 aromatic carbocycles. The molecule has 0 spiro atoms. The van der Waals surface area contributed by atoms with Crippen molar-refractivity contribution in [3.63, 3.8) is 0 Å². The van der Waals surface area contributed by atoms with Crippen LogP contribution in [0, 0.1) is 13.8 Å². The number of thiazole rings is 1. The fraction of sp³-hybridized carbons (Fsp3) is 0.222. The average Bonchev–Trinajstić information content (AvgIpc) is 3.31. The predicted octanol–water partition coefficient (Wildman–Crippen LogP) is 5.03. The molecule has 0 unspecified atom stereocenters. The molecule has 190 valence electrons. The highest BCUT2D eigenvalue weighted by Gasteiger charge is 2.16. The first-order valence-corrected chi connectivity index (χ1v) is 14.0. The number of sulfonamides is 1. The zero-order chi connectivity index (χ0) is 26.0. The van der Waals surface area contributed by atoms with E-state index in [2.05, 4.69) is 15.8 Å². The maximum atomic E-state index is 12.4. The number of nitrogens with one attached hydrogen (secondary N) is 1. The summed E-state index contributed by atoms with van der Waals surface area (Å²) in [6.45, 7) is 4.78. The van der Waals surface area contributed by atoms with Gasteiger partial charge in [-0.3, -0.25) is 4.98 Å². The van der Waals surface area contributed by atoms with E-state index in [1.807, 2.05) is 32.0 Å². The van der Waals surface area contributed by atoms with Crippen LogP contribution in [0.15, 0.2) is 65.7 Å². The minimum atomic E-state index is -3.57. The first kappa shape index (κ1) is 25.2. The normalized spacial score (nSPS) is 11.9. The molecule has 0 radical (unpaired) electrons. The number of methoxy groups -OCH3 is 1. The van der Waals surface area contributed by atoms with Gasteiger partial charge >= 0.3 is 0 Å². The van der Waals surface area contributed by atoms with Gasteiger partial charge in [-0.05, 0) is 61.4 Å². The lowest BCUT2D eigenvalue weighted by Gasteiger charge is -2.09. The molecule has 0 atom stereocenters. The Morgan fingerprint density at radius 2 is 1.81 bits per heavy atom. The lowest BCUT2D eigenvalue weighted by molar-refractivity contribution is 0.181. The predicted molar refractivity (Wildman–Crippen MR) is 145 cm³/mol. The largest absolute Gasteiger partial charge is 0.492 e. The number of ether oxygens (including phenoxy) is 2. The fourth-order valence-corrected chi connectivity index (χ4v) is 6.20. The summed E-state index contributed by atoms with van der Waals surface area (Å²) in [5.74, 6) is 0.664. The van der Waals surface area contributed by atoms with Gasteiger partial charge in [0, 0.05) is 19.2 Å². The van der Waals surface area contributed by atoms with Crippen LogP contribution in [0.2, 0.25) is 0 Å². The van der Waals surface area contributed by atoms with E-state index in [1.165, 1.54) is 0 Å². The van der Waals surface area contributed by atoms with Crippen LogP contribution in [0.5, 0.6) is 5.75 Å². The van der Waals surface area contributed by atoms with E-state index in [-0.39, 0.29) is 18.0 Å². The average molecular weight is 535 g/mol. The fourth-order valence-electron chi connectivity index (χ4n) is 4.08. The lowest BCUT2D eigenvalue weighted by atomic mass is 10.1. The van der Waals surface area contributed by atoms with Crippen molar-refractivity contribution >= 4 is 42.6 Å². The molecule has 37 heavy (non-hydrogen) atoms. The van der Waals surface area contributed by atoms with Gasteiger partial charge in [0.05, 0.1) is 44.6 Å². The highest BCUT2D eigenvalue weighted by Crippen LogP contribution is 2.37. The molecule has 0 fully saturated rings. The first-order chi connectivity index (χ1) is 17.8. The topological polar surface area (TPSA) is 103 Å². The summed E-state index contributed by atoms with van der Waals surface area (Å²) in [5.41, 5.74) is 6.27. The molecule has 0 saturated carbocycles. The summed E-state index contributed by atoms with van der Waals surface area (Å²) in [4.78, 5) is 14.5. The third kappa shape index (κ3) is 5.47. The van der Waals surface area contributed by atoms with Gasteiger partial charge in [-0.2, -0.15) is 0 Å². The van der Waals surface area contributed by atoms with Crippen LogP contribution in [0.3, 0.4) is 0 Å². The van der Waals surface area contributed by atoms with Crippen LogP contribution >= 0.6 is 11.3 Å². The summed E-state index contributed by atoms with van der Waals surface area (Å²) < 4.78 is 39.4. The second kappa shape index (κ2) is 10.5. The SMILES string of the molecule is COCc1cnc2c(-c3nc4c(C)cc(OCCNS(=O)(=O)c5ccccc5)cc4s3)cc(C)cc2n1. The van der Waals surface area contributed by atoms with Gasteiger partial charge in [0.25, 0.3) is 0 Å². The standard InChI is InChI=1S/C27H26N4O4S2/c1-17-11-22(26-23(12-17)30-19(15-28-26)16-34-3)27-31-25-18(2)13-20(14-24(25)36-27)35-10-9-29-37(32,33)21-7-5-4-6-8-21/h4-8,11-15,29H,9-10,16H2,1-3H3. The zero-order valence-corrected chi connectivity index (χ0v) is 22.3. The Hall–Kier alpha value is -3.44. The number of hydrogen-bond donors (Lipinski definition) is 1. The van der Waals surface area contributed by atoms with Crippen molar-refractivity contribution in [2.24, 2.45) is 0 Å². The molecule has 2 heterocycles. The van der Waals surface area contributed by atoms with E-state index >= 15 is 0 Å². The number of aryl methyl sites for hydroxylation is 2. The summed E-state index contributed by atoms with van der Waals surface area (Å²) in [7, 11) is -1.93. The molecule has 0 aliphatic carbocycles. The number of aromatic nitrogens is 3.